The first-order valence-electron chi connectivity index (χ1n) is 12.0. The summed E-state index contributed by atoms with van der Waals surface area (Å²) >= 11 is 0. The van der Waals surface area contributed by atoms with Gasteiger partial charge in [0.05, 0.1) is 28.8 Å². The Bertz CT molecular complexity index is 1580. The molecule has 7 heteroatoms. The van der Waals surface area contributed by atoms with E-state index < -0.39 is 5.92 Å². The molecule has 2 N–H and O–H groups in total. The number of anilines is 1. The summed E-state index contributed by atoms with van der Waals surface area (Å²) in [5.74, 6) is 0.652. The number of nitrogens with two attached hydrogens (primary N) is 1. The molecule has 0 fully saturated rings. The summed E-state index contributed by atoms with van der Waals surface area (Å²) in [6.45, 7) is 0.122. The molecule has 0 unspecified atom stereocenters. The number of benzene rings is 3. The van der Waals surface area contributed by atoms with Crippen LogP contribution in [-0.4, -0.2) is 12.6 Å². The predicted molar refractivity (Wildman–Crippen MR) is 136 cm³/mol. The molecule has 0 saturated carbocycles. The number of hydrogen-bond donors (Lipinski definition) is 1. The number of fused-ring (bicyclic) bond motifs is 1. The van der Waals surface area contributed by atoms with Gasteiger partial charge in [-0.3, -0.25) is 9.69 Å². The van der Waals surface area contributed by atoms with Gasteiger partial charge in [-0.05, 0) is 47.7 Å². The number of ketones is 1. The van der Waals surface area contributed by atoms with E-state index in [1.165, 1.54) is 0 Å². The molecule has 0 bridgehead atoms. The fraction of sp³-hybridized carbons (Fsp3) is 0.167. The van der Waals surface area contributed by atoms with Gasteiger partial charge in [-0.1, -0.05) is 48.5 Å². The van der Waals surface area contributed by atoms with Crippen molar-refractivity contribution in [2.24, 2.45) is 5.73 Å². The lowest BCUT2D eigenvalue weighted by atomic mass is 9.71. The summed E-state index contributed by atoms with van der Waals surface area (Å²) in [6, 6.07) is 27.0. The minimum atomic E-state index is -0.649. The number of carbonyl (C=O) groups is 1. The van der Waals surface area contributed by atoms with Gasteiger partial charge in [0.1, 0.15) is 11.9 Å². The third kappa shape index (κ3) is 3.61. The number of ether oxygens (including phenoxy) is 2. The largest absolute Gasteiger partial charge is 0.454 e. The van der Waals surface area contributed by atoms with Crippen molar-refractivity contribution < 1.29 is 14.3 Å². The van der Waals surface area contributed by atoms with Gasteiger partial charge in [0.25, 0.3) is 0 Å². The third-order valence-corrected chi connectivity index (χ3v) is 7.23. The molecule has 0 saturated heterocycles. The van der Waals surface area contributed by atoms with Crippen molar-refractivity contribution in [1.82, 2.24) is 0 Å². The molecule has 7 nitrogen and oxygen atoms in total. The summed E-state index contributed by atoms with van der Waals surface area (Å²) in [4.78, 5) is 15.7. The Morgan fingerprint density at radius 1 is 0.865 bits per heavy atom. The summed E-state index contributed by atoms with van der Waals surface area (Å²) < 4.78 is 11.0. The van der Waals surface area contributed by atoms with Crippen LogP contribution in [-0.2, 0) is 4.79 Å². The van der Waals surface area contributed by atoms with Crippen LogP contribution in [0.4, 0.5) is 5.69 Å². The van der Waals surface area contributed by atoms with Crippen LogP contribution in [0, 0.1) is 22.7 Å². The first-order chi connectivity index (χ1) is 18.1. The number of hydrogen-bond acceptors (Lipinski definition) is 7. The maximum absolute atomic E-state index is 14.0. The number of nitriles is 2. The summed E-state index contributed by atoms with van der Waals surface area (Å²) in [6.07, 6.45) is 0.849. The van der Waals surface area contributed by atoms with Gasteiger partial charge >= 0.3 is 0 Å². The summed E-state index contributed by atoms with van der Waals surface area (Å²) in [7, 11) is 0. The number of carbonyl (C=O) groups excluding carboxylic acids is 1. The molecule has 3 aromatic rings. The van der Waals surface area contributed by atoms with E-state index in [2.05, 4.69) is 12.1 Å². The molecule has 2 atom stereocenters. The molecule has 2 aliphatic heterocycles. The average Bonchev–Trinajstić information content (AvgIpc) is 3.41. The van der Waals surface area contributed by atoms with Crippen molar-refractivity contribution in [3.8, 4) is 23.6 Å². The van der Waals surface area contributed by atoms with Crippen LogP contribution in [0.3, 0.4) is 0 Å². The van der Waals surface area contributed by atoms with Crippen LogP contribution in [0.2, 0.25) is 0 Å². The Morgan fingerprint density at radius 2 is 1.62 bits per heavy atom. The van der Waals surface area contributed by atoms with Crippen molar-refractivity contribution in [1.29, 1.82) is 10.5 Å². The Hall–Kier alpha value is -5.01. The monoisotopic (exact) mass is 486 g/mol. The first kappa shape index (κ1) is 22.5. The number of Topliss-reactive ketones (excluding diaryl/α,β-unsaturated/α-hetero) is 1. The summed E-state index contributed by atoms with van der Waals surface area (Å²) in [5, 5.41) is 20.2. The molecule has 180 valence electrons. The van der Waals surface area contributed by atoms with Crippen LogP contribution < -0.4 is 20.1 Å². The molecule has 0 spiro atoms. The smallest absolute Gasteiger partial charge is 0.231 e. The van der Waals surface area contributed by atoms with Gasteiger partial charge in [0.2, 0.25) is 6.79 Å². The summed E-state index contributed by atoms with van der Waals surface area (Å²) in [5.41, 5.74) is 11.0. The van der Waals surface area contributed by atoms with E-state index in [-0.39, 0.29) is 29.9 Å². The van der Waals surface area contributed by atoms with Crippen molar-refractivity contribution in [2.75, 3.05) is 11.7 Å². The first-order valence-corrected chi connectivity index (χ1v) is 12.0. The quantitative estimate of drug-likeness (QED) is 0.555. The zero-order chi connectivity index (χ0) is 25.5. The second-order valence-corrected chi connectivity index (χ2v) is 9.22. The third-order valence-electron chi connectivity index (χ3n) is 7.23. The number of rotatable bonds is 3. The lowest BCUT2D eigenvalue weighted by molar-refractivity contribution is -0.116. The van der Waals surface area contributed by atoms with Gasteiger partial charge in [-0.15, -0.1) is 0 Å². The fourth-order valence-electron chi connectivity index (χ4n) is 5.55. The molecule has 0 amide bonds. The zero-order valence-electron chi connectivity index (χ0n) is 19.8. The van der Waals surface area contributed by atoms with E-state index >= 15 is 0 Å². The predicted octanol–water partition coefficient (Wildman–Crippen LogP) is 4.99. The average molecular weight is 487 g/mol. The van der Waals surface area contributed by atoms with Crippen LogP contribution >= 0.6 is 0 Å². The number of allylic oxidation sites excluding steroid dienone is 3. The normalized spacial score (nSPS) is 20.4. The minimum Gasteiger partial charge on any atom is -0.454 e. The van der Waals surface area contributed by atoms with E-state index in [0.29, 0.717) is 46.9 Å². The van der Waals surface area contributed by atoms with E-state index in [1.54, 1.807) is 29.2 Å². The topological polar surface area (TPSA) is 112 Å². The second kappa shape index (κ2) is 8.89. The van der Waals surface area contributed by atoms with Gasteiger partial charge in [-0.2, -0.15) is 10.5 Å². The maximum Gasteiger partial charge on any atom is 0.231 e. The molecule has 37 heavy (non-hydrogen) atoms. The zero-order valence-corrected chi connectivity index (χ0v) is 19.8. The van der Waals surface area contributed by atoms with Crippen LogP contribution in [0.15, 0.2) is 95.5 Å². The Balaban J connectivity index is 1.58. The van der Waals surface area contributed by atoms with Crippen LogP contribution in [0.1, 0.15) is 41.4 Å². The molecular weight excluding hydrogens is 464 g/mol. The van der Waals surface area contributed by atoms with Gasteiger partial charge < -0.3 is 15.2 Å². The van der Waals surface area contributed by atoms with E-state index in [4.69, 9.17) is 15.2 Å². The van der Waals surface area contributed by atoms with Gasteiger partial charge in [0.15, 0.2) is 17.3 Å². The highest BCUT2D eigenvalue weighted by Crippen LogP contribution is 2.50. The molecule has 2 heterocycles. The Labute approximate surface area is 214 Å². The highest BCUT2D eigenvalue weighted by molar-refractivity contribution is 6.02. The lowest BCUT2D eigenvalue weighted by Gasteiger charge is -2.41. The van der Waals surface area contributed by atoms with Gasteiger partial charge in [-0.25, -0.2) is 0 Å². The number of para-hydroxylation sites is 1. The van der Waals surface area contributed by atoms with Crippen molar-refractivity contribution in [3.63, 3.8) is 0 Å². The molecule has 3 aliphatic rings. The van der Waals surface area contributed by atoms with E-state index in [9.17, 15) is 15.3 Å². The van der Waals surface area contributed by atoms with E-state index in [1.807, 2.05) is 48.5 Å². The molecule has 3 aromatic carbocycles. The standard InChI is InChI=1S/C30H22N4O3/c31-15-20-8-4-5-9-23(20)34-24-12-21(18-6-2-1-3-7-18)13-25(35)29(24)28(22(16-32)30(34)33)19-10-11-26-27(14-19)37-17-36-26/h1-11,14,21,28H,12-13,17,33H2/t21-,28-/m0/s1. The van der Waals surface area contributed by atoms with Crippen molar-refractivity contribution >= 4 is 11.5 Å². The Kier molecular flexibility index (Phi) is 5.40. The SMILES string of the molecule is N#CC1=C(N)N(c2ccccc2C#N)C2=C(C(=O)C[C@@H](c3ccccc3)C2)[C@H]1c1ccc2c(c1)OCO2. The fourth-order valence-corrected chi connectivity index (χ4v) is 5.55. The van der Waals surface area contributed by atoms with Gasteiger partial charge in [0, 0.05) is 17.7 Å². The van der Waals surface area contributed by atoms with Crippen molar-refractivity contribution in [2.45, 2.75) is 24.7 Å². The molecule has 0 aromatic heterocycles. The molecule has 1 aliphatic carbocycles. The molecular formula is C30H22N4O3. The molecule has 6 rings (SSSR count). The van der Waals surface area contributed by atoms with Crippen LogP contribution in [0.5, 0.6) is 11.5 Å². The van der Waals surface area contributed by atoms with E-state index in [0.717, 1.165) is 11.1 Å². The minimum absolute atomic E-state index is 0.0440. The lowest BCUT2D eigenvalue weighted by Crippen LogP contribution is -2.40. The number of nitrogens with zero attached hydrogens (tertiary/aromatic N) is 3. The maximum atomic E-state index is 14.0. The van der Waals surface area contributed by atoms with Crippen LogP contribution in [0.25, 0.3) is 0 Å². The Morgan fingerprint density at radius 3 is 2.41 bits per heavy atom. The molecule has 0 radical (unpaired) electrons. The van der Waals surface area contributed by atoms with Crippen molar-refractivity contribution in [3.05, 3.63) is 112 Å². The highest BCUT2D eigenvalue weighted by atomic mass is 16.7. The second-order valence-electron chi connectivity index (χ2n) is 9.22. The highest BCUT2D eigenvalue weighted by Gasteiger charge is 2.43.